The highest BCUT2D eigenvalue weighted by molar-refractivity contribution is 7.87. The third-order valence-corrected chi connectivity index (χ3v) is 22.0. The van der Waals surface area contributed by atoms with Gasteiger partial charge in [-0.1, -0.05) is 52.5 Å². The van der Waals surface area contributed by atoms with Crippen LogP contribution in [0.2, 0.25) is 20.1 Å². The molecule has 4 aliphatic heterocycles. The smallest absolute Gasteiger partial charge is 0.425 e. The van der Waals surface area contributed by atoms with E-state index in [2.05, 4.69) is 71.1 Å². The van der Waals surface area contributed by atoms with Crippen molar-refractivity contribution in [2.45, 2.75) is 38.3 Å². The predicted octanol–water partition coefficient (Wildman–Crippen LogP) is 6.77. The van der Waals surface area contributed by atoms with Crippen LogP contribution in [0.1, 0.15) is 12.5 Å². The molecule has 0 radical (unpaired) electrons. The number of hydrogen-bond acceptors (Lipinski definition) is 36. The molecule has 0 saturated heterocycles. The molecular formula is C55H41Cl4N17O25S7. The van der Waals surface area contributed by atoms with Gasteiger partial charge < -0.3 is 55.7 Å². The van der Waals surface area contributed by atoms with Gasteiger partial charge in [0.25, 0.3) is 60.7 Å². The number of nitrogens with one attached hydrogen (secondary N) is 4. The molecule has 13 rings (SSSR count). The number of aryl methyl sites for hydroxylation is 1. The lowest BCUT2D eigenvalue weighted by atomic mass is 10.2. The monoisotopic (exact) mass is 1700 g/mol. The number of benzene rings is 7. The predicted molar refractivity (Wildman–Crippen MR) is 378 cm³/mol. The second-order valence-electron chi connectivity index (χ2n) is 22.4. The van der Waals surface area contributed by atoms with Gasteiger partial charge in [0.05, 0.1) is 33.4 Å². The first-order chi connectivity index (χ1) is 50.3. The van der Waals surface area contributed by atoms with E-state index in [1.165, 1.54) is 38.2 Å². The zero-order valence-corrected chi connectivity index (χ0v) is 62.5. The Labute approximate surface area is 627 Å². The fraction of sp³-hybridized carbons (Fsp3) is 0.127. The van der Waals surface area contributed by atoms with Crippen LogP contribution in [0.5, 0.6) is 46.0 Å². The van der Waals surface area contributed by atoms with Crippen molar-refractivity contribution in [3.63, 3.8) is 0 Å². The van der Waals surface area contributed by atoms with Gasteiger partial charge in [-0.05, 0) is 80.1 Å². The third-order valence-electron chi connectivity index (χ3n) is 15.2. The minimum atomic E-state index is -5.53. The van der Waals surface area contributed by atoms with Crippen molar-refractivity contribution in [3.05, 3.63) is 114 Å². The average Bonchev–Trinajstić information content (AvgIpc) is 0.727. The van der Waals surface area contributed by atoms with E-state index in [9.17, 15) is 77.8 Å². The number of ether oxygens (including phenoxy) is 4. The molecular weight excluding hydrogens is 1660 g/mol. The van der Waals surface area contributed by atoms with Gasteiger partial charge in [0.2, 0.25) is 35.7 Å². The second-order valence-corrected chi connectivity index (χ2v) is 32.7. The SMILES string of the molecule is CCN(C)c1nc(Nc2ccc(C)c(S(=O)(=O)O)c2)nc(Nc2ccc3c(c2S(=O)(=O)O)Oc2c(Cl)c4c(c(Cl)c2=N3)Oc2c(ccc(Nc3nc(Nc5ccc6c(c5S(=O)(=O)O)Oc5c(Cl)c7c(c(Cl)c5=N6)Oc5c(ccc(N)c5S(=O)(=O)O)N=7)nc(N(C)CCS(=O)(=O)O)n3)c2S(=O)(=O)O)N=4)n1.O=S(=O)=O. The lowest BCUT2D eigenvalue weighted by Gasteiger charge is -2.24. The van der Waals surface area contributed by atoms with Gasteiger partial charge in [0, 0.05) is 32.9 Å². The largest absolute Gasteiger partial charge is 0.450 e. The van der Waals surface area contributed by atoms with E-state index >= 15 is 0 Å². The first-order valence-electron chi connectivity index (χ1n) is 29.1. The van der Waals surface area contributed by atoms with E-state index in [1.807, 2.05) is 0 Å². The number of nitrogens with two attached hydrogens (primary N) is 1. The van der Waals surface area contributed by atoms with Gasteiger partial charge >= 0.3 is 10.6 Å². The van der Waals surface area contributed by atoms with Crippen LogP contribution in [-0.2, 0) is 71.3 Å². The van der Waals surface area contributed by atoms with E-state index in [0.29, 0.717) is 6.54 Å². The molecule has 0 unspecified atom stereocenters. The molecule has 0 spiro atoms. The molecule has 12 N–H and O–H groups in total. The van der Waals surface area contributed by atoms with Crippen molar-refractivity contribution in [2.75, 3.05) is 69.7 Å². The number of rotatable bonds is 19. The molecule has 108 heavy (non-hydrogen) atoms. The molecule has 0 fully saturated rings. The Kier molecular flexibility index (Phi) is 20.1. The summed E-state index contributed by atoms with van der Waals surface area (Å²) in [6.45, 7) is 2.99. The van der Waals surface area contributed by atoms with Gasteiger partial charge in [-0.15, -0.1) is 12.6 Å². The minimum Gasteiger partial charge on any atom is -0.450 e. The van der Waals surface area contributed by atoms with E-state index in [0.717, 1.165) is 47.4 Å². The molecule has 4 aliphatic rings. The number of fused-ring (bicyclic) bond motifs is 8. The standard InChI is InChI=1S/C55H41Cl4N17O22S6.O3S/c1-5-75(3)54-71-50(61-20-7-6-19(2)29(18-20)100(80,81)82)69-51(72-54)66-26-13-10-24-39(47(26)102(86,87)88)97-44-32(58)37-45(33(59)36(44)64-24)98-41-25(65-37)12-15-28(49(41)104(92,93)94)68-53-70-52(73-55(74-53)76(4)16-17-99(77,78)79)67-27-14-11-23-40(48(27)103(89,90)91)96-43-31(57)34-42(30(56)35(43)63-23)95-38-22(62-34)9-8-21(60)46(38)101(83,84)85;1-4(2)3/h6-15,18H,5,16-17,60H2,1-4H3,(H,77,78,79)(H,80,81,82)(H,83,84,85)(H,86,87,88)(H,89,90,91)(H,92,93,94)(H2,61,66,69,71,72)(H2,67,68,70,73,74);. The van der Waals surface area contributed by atoms with Crippen molar-refractivity contribution in [3.8, 4) is 46.0 Å². The van der Waals surface area contributed by atoms with Crippen LogP contribution in [0.3, 0.4) is 0 Å². The van der Waals surface area contributed by atoms with Gasteiger partial charge in [-0.25, -0.2) is 20.0 Å². The third kappa shape index (κ3) is 15.4. The molecule has 0 atom stereocenters. The molecule has 0 saturated carbocycles. The summed E-state index contributed by atoms with van der Waals surface area (Å²) in [4.78, 5) is 41.7. The Morgan fingerprint density at radius 3 is 1.06 bits per heavy atom. The van der Waals surface area contributed by atoms with Crippen LogP contribution in [0.4, 0.5) is 86.9 Å². The summed E-state index contributed by atoms with van der Waals surface area (Å²) in [5, 5.41) is 7.40. The maximum absolute atomic E-state index is 13.7. The zero-order chi connectivity index (χ0) is 78.7. The van der Waals surface area contributed by atoms with E-state index in [4.69, 9.17) is 83.7 Å². The molecule has 7 aromatic carbocycles. The highest BCUT2D eigenvalue weighted by Crippen LogP contribution is 2.52. The molecule has 0 bridgehead atoms. The summed E-state index contributed by atoms with van der Waals surface area (Å²) in [5.41, 5.74) is 2.84. The summed E-state index contributed by atoms with van der Waals surface area (Å²) in [7, 11) is -31.0. The molecule has 2 aromatic heterocycles. The number of nitrogen functional groups attached to an aromatic ring is 1. The highest BCUT2D eigenvalue weighted by atomic mass is 35.5. The Hall–Kier alpha value is -10.2. The van der Waals surface area contributed by atoms with Crippen molar-refractivity contribution in [2.24, 2.45) is 20.0 Å². The normalized spacial score (nSPS) is 13.1. The summed E-state index contributed by atoms with van der Waals surface area (Å²) >= 11 is 27.5. The molecule has 566 valence electrons. The van der Waals surface area contributed by atoms with Gasteiger partial charge in [-0.2, -0.15) is 80.4 Å². The average molecular weight is 1710 g/mol. The van der Waals surface area contributed by atoms with Crippen LogP contribution in [0.15, 0.2) is 111 Å². The maximum atomic E-state index is 13.7. The Balaban J connectivity index is 0.00000266. The number of aromatic nitrogens is 6. The maximum Gasteiger partial charge on any atom is 0.425 e. The van der Waals surface area contributed by atoms with Crippen LogP contribution in [0, 0.1) is 6.92 Å². The zero-order valence-electron chi connectivity index (χ0n) is 53.7. The molecule has 0 aliphatic carbocycles. The first-order valence-corrected chi connectivity index (χ1v) is 40.4. The highest BCUT2D eigenvalue weighted by Gasteiger charge is 2.38. The topological polar surface area (TPSA) is 622 Å². The van der Waals surface area contributed by atoms with Crippen LogP contribution < -0.4 is 77.2 Å². The van der Waals surface area contributed by atoms with Crippen molar-refractivity contribution < 1.29 is 109 Å². The summed E-state index contributed by atoms with van der Waals surface area (Å²) in [6, 6.07) is 12.9. The lowest BCUT2D eigenvalue weighted by Crippen LogP contribution is -2.27. The quantitative estimate of drug-likeness (QED) is 0.0294. The fourth-order valence-electron chi connectivity index (χ4n) is 10.4. The van der Waals surface area contributed by atoms with E-state index in [-0.39, 0.29) is 62.2 Å². The van der Waals surface area contributed by atoms with E-state index < -0.39 is 226 Å². The van der Waals surface area contributed by atoms with E-state index in [1.54, 1.807) is 18.9 Å². The first kappa shape index (κ1) is 77.4. The molecule has 6 heterocycles. The molecule has 42 nitrogen and oxygen atoms in total. The number of halogens is 4. The summed E-state index contributed by atoms with van der Waals surface area (Å²) in [5.74, 6) is -7.88. The number of hydrogen-bond donors (Lipinski definition) is 11. The Morgan fingerprint density at radius 1 is 0.435 bits per heavy atom. The Bertz CT molecular complexity index is 6670. The van der Waals surface area contributed by atoms with Gasteiger partial charge in [0.15, 0.2) is 65.6 Å². The Morgan fingerprint density at radius 2 is 0.750 bits per heavy atom. The second kappa shape index (κ2) is 28.1. The van der Waals surface area contributed by atoms with Crippen LogP contribution in [0.25, 0.3) is 0 Å². The number of nitrogens with zero attached hydrogens (tertiary/aromatic N) is 12. The van der Waals surface area contributed by atoms with Crippen molar-refractivity contribution in [1.82, 2.24) is 29.9 Å². The van der Waals surface area contributed by atoms with Crippen LogP contribution >= 0.6 is 46.4 Å². The van der Waals surface area contributed by atoms with Gasteiger partial charge in [0.1, 0.15) is 64.3 Å². The minimum absolute atomic E-state index is 0.00513. The number of anilines is 11. The van der Waals surface area contributed by atoms with Crippen LogP contribution in [-0.4, -0.2) is 153 Å². The summed E-state index contributed by atoms with van der Waals surface area (Å²) in [6.07, 6.45) is 0. The molecule has 9 aromatic rings. The summed E-state index contributed by atoms with van der Waals surface area (Å²) < 4.78 is 266. The lowest BCUT2D eigenvalue weighted by molar-refractivity contribution is 0.428. The van der Waals surface area contributed by atoms with Gasteiger partial charge in [-0.3, -0.25) is 27.3 Å². The van der Waals surface area contributed by atoms with Crippen molar-refractivity contribution in [1.29, 1.82) is 0 Å². The fourth-order valence-corrected chi connectivity index (χ4v) is 15.8. The molecule has 0 amide bonds. The van der Waals surface area contributed by atoms with Crippen molar-refractivity contribution >= 4 is 205 Å². The molecule has 53 heteroatoms.